The smallest absolute Gasteiger partial charge is 0.219 e. The molecule has 0 fully saturated rings. The summed E-state index contributed by atoms with van der Waals surface area (Å²) in [5.41, 5.74) is 0. The van der Waals surface area contributed by atoms with Crippen molar-refractivity contribution in [2.45, 2.75) is 142 Å². The molecular weight excluding hydrogens is 624 g/mol. The van der Waals surface area contributed by atoms with Crippen LogP contribution in [0, 0.1) is 0 Å². The van der Waals surface area contributed by atoms with Crippen molar-refractivity contribution in [2.24, 2.45) is 0 Å². The van der Waals surface area contributed by atoms with Gasteiger partial charge < -0.3 is 28.4 Å². The fourth-order valence-electron chi connectivity index (χ4n) is 6.96. The molecule has 0 saturated carbocycles. The Kier molecular flexibility index (Phi) is 17.2. The van der Waals surface area contributed by atoms with Crippen molar-refractivity contribution in [3.63, 3.8) is 0 Å². The third-order valence-electron chi connectivity index (χ3n) is 9.98. The van der Waals surface area contributed by atoms with E-state index >= 15 is 0 Å². The highest BCUT2D eigenvalue weighted by Crippen LogP contribution is 2.37. The van der Waals surface area contributed by atoms with Crippen LogP contribution in [0.15, 0.2) is 30.3 Å². The highest BCUT2D eigenvalue weighted by molar-refractivity contribution is 6.10. The molecule has 0 saturated heterocycles. The molecule has 50 heavy (non-hydrogen) atoms. The van der Waals surface area contributed by atoms with Crippen LogP contribution in [0.4, 0.5) is 0 Å². The monoisotopic (exact) mass is 690 g/mol. The predicted octanol–water partition coefficient (Wildman–Crippen LogP) is 10.4. The standard InChI is InChI=1S/C44H66O6/c1-7-11-15-19-25-47-41-30-37-36-29-34(45-5)23-24-35(36)39-32-43(49-27-21-17-13-9-3)44(46-6,50-28-22-18-14-10-4)33-40(39)38(37)31-42(41)48-26-20-16-12-8-2/h23-24,29-33,43H,7-22,25-28H2,1-6H3. The van der Waals surface area contributed by atoms with Crippen molar-refractivity contribution >= 4 is 33.7 Å². The lowest BCUT2D eigenvalue weighted by molar-refractivity contribution is -0.225. The average molecular weight is 691 g/mol. The van der Waals surface area contributed by atoms with Crippen LogP contribution in [0.2, 0.25) is 0 Å². The van der Waals surface area contributed by atoms with Crippen LogP contribution in [-0.2, 0) is 14.2 Å². The summed E-state index contributed by atoms with van der Waals surface area (Å²) in [6.07, 6.45) is 22.3. The highest BCUT2D eigenvalue weighted by atomic mass is 16.7. The number of benzene rings is 3. The summed E-state index contributed by atoms with van der Waals surface area (Å²) < 4.78 is 38.6. The molecule has 0 aliphatic heterocycles. The topological polar surface area (TPSA) is 55.4 Å². The van der Waals surface area contributed by atoms with Gasteiger partial charge >= 0.3 is 0 Å². The Labute approximate surface area is 302 Å². The molecule has 0 N–H and O–H groups in total. The lowest BCUT2D eigenvalue weighted by atomic mass is 9.90. The van der Waals surface area contributed by atoms with Gasteiger partial charge in [0.25, 0.3) is 0 Å². The Bertz CT molecular complexity index is 1560. The fourth-order valence-corrected chi connectivity index (χ4v) is 6.96. The third kappa shape index (κ3) is 10.6. The van der Waals surface area contributed by atoms with Crippen molar-refractivity contribution < 1.29 is 28.4 Å². The maximum absolute atomic E-state index is 6.74. The number of ether oxygens (including phenoxy) is 6. The molecule has 2 atom stereocenters. The van der Waals surface area contributed by atoms with E-state index in [0.29, 0.717) is 26.4 Å². The van der Waals surface area contributed by atoms with Gasteiger partial charge in [-0.15, -0.1) is 0 Å². The van der Waals surface area contributed by atoms with E-state index in [9.17, 15) is 0 Å². The molecule has 4 rings (SSSR count). The molecule has 0 aromatic heterocycles. The molecule has 278 valence electrons. The highest BCUT2D eigenvalue weighted by Gasteiger charge is 2.40. The van der Waals surface area contributed by atoms with Gasteiger partial charge in [-0.1, -0.05) is 111 Å². The van der Waals surface area contributed by atoms with Crippen LogP contribution < -0.4 is 24.6 Å². The molecule has 0 bridgehead atoms. The predicted molar refractivity (Wildman–Crippen MR) is 209 cm³/mol. The minimum atomic E-state index is -1.05. The van der Waals surface area contributed by atoms with E-state index < -0.39 is 11.9 Å². The Hall–Kier alpha value is -2.80. The Morgan fingerprint density at radius 3 is 1.64 bits per heavy atom. The van der Waals surface area contributed by atoms with E-state index in [2.05, 4.69) is 64.1 Å². The summed E-state index contributed by atoms with van der Waals surface area (Å²) in [5.74, 6) is 1.36. The van der Waals surface area contributed by atoms with E-state index in [-0.39, 0.29) is 0 Å². The number of hydrogen-bond acceptors (Lipinski definition) is 6. The van der Waals surface area contributed by atoms with Gasteiger partial charge in [-0.25, -0.2) is 0 Å². The summed E-state index contributed by atoms with van der Waals surface area (Å²) in [6.45, 7) is 11.5. The van der Waals surface area contributed by atoms with Gasteiger partial charge in [0.05, 0.1) is 26.9 Å². The number of fused-ring (bicyclic) bond motifs is 6. The number of rotatable bonds is 26. The van der Waals surface area contributed by atoms with Gasteiger partial charge in [-0.2, -0.15) is 0 Å². The molecule has 1 aliphatic carbocycles. The van der Waals surface area contributed by atoms with Crippen molar-refractivity contribution in [3.8, 4) is 17.2 Å². The van der Waals surface area contributed by atoms with Gasteiger partial charge in [-0.05, 0) is 94.1 Å². The van der Waals surface area contributed by atoms with E-state index in [1.165, 1.54) is 51.4 Å². The maximum atomic E-state index is 6.74. The van der Waals surface area contributed by atoms with Crippen LogP contribution in [0.3, 0.4) is 0 Å². The molecular formula is C44H66O6. The summed E-state index contributed by atoms with van der Waals surface area (Å²) >= 11 is 0. The molecule has 0 heterocycles. The molecule has 0 amide bonds. The Balaban J connectivity index is 1.90. The number of hydrogen-bond donors (Lipinski definition) is 0. The number of methoxy groups -OCH3 is 2. The van der Waals surface area contributed by atoms with E-state index in [1.807, 2.05) is 6.07 Å². The molecule has 0 spiro atoms. The van der Waals surface area contributed by atoms with Gasteiger partial charge in [0.1, 0.15) is 11.9 Å². The molecule has 2 unspecified atom stereocenters. The first-order valence-corrected chi connectivity index (χ1v) is 19.9. The van der Waals surface area contributed by atoms with Crippen LogP contribution in [-0.4, -0.2) is 52.5 Å². The van der Waals surface area contributed by atoms with Gasteiger partial charge in [0.15, 0.2) is 11.5 Å². The normalized spacial score (nSPS) is 17.0. The Morgan fingerprint density at radius 2 is 1.08 bits per heavy atom. The number of unbranched alkanes of at least 4 members (excludes halogenated alkanes) is 12. The SMILES string of the molecule is CCCCCCOc1cc2c3c(c4ccc(OC)cc4c2cc1OCCCCCC)=CC(OCCCCCC)C(OC)(OCCCCCC)C=3. The first-order valence-electron chi connectivity index (χ1n) is 19.9. The molecule has 0 radical (unpaired) electrons. The molecule has 6 nitrogen and oxygen atoms in total. The summed E-state index contributed by atoms with van der Waals surface area (Å²) in [5, 5.41) is 6.62. The largest absolute Gasteiger partial charge is 0.497 e. The van der Waals surface area contributed by atoms with Crippen LogP contribution in [0.25, 0.3) is 33.7 Å². The molecule has 1 aliphatic rings. The molecule has 3 aromatic carbocycles. The minimum absolute atomic E-state index is 0.393. The zero-order chi connectivity index (χ0) is 35.6. The zero-order valence-electron chi connectivity index (χ0n) is 32.2. The first-order chi connectivity index (χ1) is 24.5. The van der Waals surface area contributed by atoms with E-state index in [1.54, 1.807) is 14.2 Å². The maximum Gasteiger partial charge on any atom is 0.219 e. The van der Waals surface area contributed by atoms with Crippen molar-refractivity contribution in [3.05, 3.63) is 40.8 Å². The first kappa shape index (κ1) is 40.0. The van der Waals surface area contributed by atoms with Crippen LogP contribution in [0.1, 0.15) is 130 Å². The van der Waals surface area contributed by atoms with E-state index in [4.69, 9.17) is 28.4 Å². The van der Waals surface area contributed by atoms with Crippen molar-refractivity contribution in [1.29, 1.82) is 0 Å². The van der Waals surface area contributed by atoms with Gasteiger partial charge in [0, 0.05) is 13.7 Å². The summed E-state index contributed by atoms with van der Waals surface area (Å²) in [7, 11) is 3.47. The Morgan fingerprint density at radius 1 is 0.540 bits per heavy atom. The van der Waals surface area contributed by atoms with Crippen LogP contribution in [0.5, 0.6) is 17.2 Å². The second kappa shape index (κ2) is 21.5. The second-order valence-corrected chi connectivity index (χ2v) is 13.9. The molecule has 3 aromatic rings. The van der Waals surface area contributed by atoms with Crippen molar-refractivity contribution in [1.82, 2.24) is 0 Å². The third-order valence-corrected chi connectivity index (χ3v) is 9.98. The summed E-state index contributed by atoms with van der Waals surface area (Å²) in [4.78, 5) is 0. The minimum Gasteiger partial charge on any atom is -0.497 e. The zero-order valence-corrected chi connectivity index (χ0v) is 32.2. The van der Waals surface area contributed by atoms with Crippen LogP contribution >= 0.6 is 0 Å². The summed E-state index contributed by atoms with van der Waals surface area (Å²) in [6, 6.07) is 10.7. The van der Waals surface area contributed by atoms with Gasteiger partial charge in [-0.3, -0.25) is 0 Å². The lowest BCUT2D eigenvalue weighted by Gasteiger charge is -2.37. The van der Waals surface area contributed by atoms with E-state index in [0.717, 1.165) is 101 Å². The lowest BCUT2D eigenvalue weighted by Crippen LogP contribution is -2.52. The quantitative estimate of drug-likeness (QED) is 0.0475. The average Bonchev–Trinajstić information content (AvgIpc) is 3.14. The van der Waals surface area contributed by atoms with Gasteiger partial charge in [0.2, 0.25) is 5.79 Å². The molecule has 6 heteroatoms. The fraction of sp³-hybridized carbons (Fsp3) is 0.636. The second-order valence-electron chi connectivity index (χ2n) is 13.9. The van der Waals surface area contributed by atoms with Crippen molar-refractivity contribution in [2.75, 3.05) is 40.6 Å².